The number of nitrogens with zero attached hydrogens (tertiary/aromatic N) is 2. The van der Waals surface area contributed by atoms with Gasteiger partial charge in [-0.25, -0.2) is 9.13 Å². The molecule has 0 saturated carbocycles. The Morgan fingerprint density at radius 2 is 1.75 bits per heavy atom. The third kappa shape index (κ3) is 3.34. The Labute approximate surface area is 142 Å². The summed E-state index contributed by atoms with van der Waals surface area (Å²) in [4.78, 5) is 0. The molecule has 1 heterocycles. The second-order valence-corrected chi connectivity index (χ2v) is 5.80. The highest BCUT2D eigenvalue weighted by Crippen LogP contribution is 2.32. The number of rotatable bonds is 6. The maximum Gasteiger partial charge on any atom is 0.290 e. The van der Waals surface area contributed by atoms with Crippen LogP contribution in [-0.2, 0) is 25.4 Å². The van der Waals surface area contributed by atoms with Crippen molar-refractivity contribution in [3.05, 3.63) is 83.9 Å². The Morgan fingerprint density at radius 3 is 2.42 bits per heavy atom. The standard InChI is InChI=1S/C20H23N2O2/c1-21-13-14-22(2)20(21)19(17-11-7-8-12-18(17)23-3)24-15-16-9-5-4-6-10-16/h4-14,19H,15H2,1-3H3/q+1. The molecule has 0 amide bonds. The monoisotopic (exact) mass is 323 g/mol. The number of para-hydroxylation sites is 1. The molecule has 0 radical (unpaired) electrons. The first-order valence-corrected chi connectivity index (χ1v) is 8.00. The van der Waals surface area contributed by atoms with Gasteiger partial charge in [0.1, 0.15) is 18.1 Å². The number of hydrogen-bond donors (Lipinski definition) is 0. The number of methoxy groups -OCH3 is 1. The summed E-state index contributed by atoms with van der Waals surface area (Å²) in [7, 11) is 5.76. The van der Waals surface area contributed by atoms with Crippen LogP contribution in [0, 0.1) is 0 Å². The number of imidazole rings is 1. The van der Waals surface area contributed by atoms with Gasteiger partial charge in [-0.3, -0.25) is 0 Å². The van der Waals surface area contributed by atoms with E-state index in [1.165, 1.54) is 0 Å². The average Bonchev–Trinajstić information content (AvgIpc) is 2.96. The zero-order valence-electron chi connectivity index (χ0n) is 14.3. The lowest BCUT2D eigenvalue weighted by Crippen LogP contribution is -2.35. The van der Waals surface area contributed by atoms with Gasteiger partial charge in [0.25, 0.3) is 5.82 Å². The second-order valence-electron chi connectivity index (χ2n) is 5.80. The maximum absolute atomic E-state index is 6.34. The molecule has 0 N–H and O–H groups in total. The summed E-state index contributed by atoms with van der Waals surface area (Å²) in [6, 6.07) is 18.2. The van der Waals surface area contributed by atoms with E-state index in [1.54, 1.807) is 7.11 Å². The van der Waals surface area contributed by atoms with E-state index in [0.29, 0.717) is 6.61 Å². The number of benzene rings is 2. The summed E-state index contributed by atoms with van der Waals surface area (Å²) in [5.41, 5.74) is 2.17. The highest BCUT2D eigenvalue weighted by Gasteiger charge is 2.29. The minimum Gasteiger partial charge on any atom is -0.496 e. The molecule has 0 aliphatic carbocycles. The summed E-state index contributed by atoms with van der Waals surface area (Å²) in [5.74, 6) is 1.90. The van der Waals surface area contributed by atoms with E-state index in [0.717, 1.165) is 22.7 Å². The molecule has 24 heavy (non-hydrogen) atoms. The lowest BCUT2D eigenvalue weighted by Gasteiger charge is -2.18. The lowest BCUT2D eigenvalue weighted by atomic mass is 10.1. The second kappa shape index (κ2) is 7.32. The van der Waals surface area contributed by atoms with Crippen LogP contribution in [-0.4, -0.2) is 11.7 Å². The molecule has 1 atom stereocenters. The molecule has 1 aromatic heterocycles. The summed E-state index contributed by atoms with van der Waals surface area (Å²) >= 11 is 0. The summed E-state index contributed by atoms with van der Waals surface area (Å²) in [6.45, 7) is 0.536. The maximum atomic E-state index is 6.34. The van der Waals surface area contributed by atoms with E-state index in [1.807, 2.05) is 62.9 Å². The molecule has 0 aliphatic heterocycles. The zero-order valence-corrected chi connectivity index (χ0v) is 14.3. The Bertz CT molecular complexity index is 777. The molecule has 0 aliphatic rings. The molecule has 124 valence electrons. The highest BCUT2D eigenvalue weighted by atomic mass is 16.5. The van der Waals surface area contributed by atoms with E-state index < -0.39 is 0 Å². The van der Waals surface area contributed by atoms with Gasteiger partial charge in [-0.15, -0.1) is 0 Å². The van der Waals surface area contributed by atoms with Crippen molar-refractivity contribution in [3.63, 3.8) is 0 Å². The SMILES string of the molecule is COc1ccccc1C(OCc1ccccc1)c1n(C)cc[n+]1C. The van der Waals surface area contributed by atoms with Crippen LogP contribution in [0.2, 0.25) is 0 Å². The lowest BCUT2D eigenvalue weighted by molar-refractivity contribution is -0.682. The highest BCUT2D eigenvalue weighted by molar-refractivity contribution is 5.37. The van der Waals surface area contributed by atoms with Gasteiger partial charge in [-0.2, -0.15) is 0 Å². The van der Waals surface area contributed by atoms with Crippen molar-refractivity contribution in [2.45, 2.75) is 12.7 Å². The first-order chi connectivity index (χ1) is 11.7. The van der Waals surface area contributed by atoms with E-state index in [9.17, 15) is 0 Å². The van der Waals surface area contributed by atoms with E-state index >= 15 is 0 Å². The first-order valence-electron chi connectivity index (χ1n) is 8.00. The average molecular weight is 323 g/mol. The van der Waals surface area contributed by atoms with Crippen LogP contribution in [0.15, 0.2) is 67.0 Å². The van der Waals surface area contributed by atoms with Crippen LogP contribution in [0.4, 0.5) is 0 Å². The van der Waals surface area contributed by atoms with Gasteiger partial charge in [-0.1, -0.05) is 48.5 Å². The number of aryl methyl sites for hydroxylation is 2. The van der Waals surface area contributed by atoms with E-state index in [4.69, 9.17) is 9.47 Å². The number of aromatic nitrogens is 2. The number of hydrogen-bond acceptors (Lipinski definition) is 2. The van der Waals surface area contributed by atoms with Crippen LogP contribution in [0.3, 0.4) is 0 Å². The third-order valence-corrected chi connectivity index (χ3v) is 4.15. The van der Waals surface area contributed by atoms with Gasteiger partial charge in [-0.05, 0) is 11.6 Å². The van der Waals surface area contributed by atoms with Crippen molar-refractivity contribution < 1.29 is 14.0 Å². The van der Waals surface area contributed by atoms with Crippen LogP contribution in [0.25, 0.3) is 0 Å². The molecule has 1 unspecified atom stereocenters. The molecule has 3 aromatic rings. The van der Waals surface area contributed by atoms with Gasteiger partial charge in [0.15, 0.2) is 6.10 Å². The van der Waals surface area contributed by atoms with Crippen LogP contribution in [0.1, 0.15) is 23.1 Å². The summed E-state index contributed by atoms with van der Waals surface area (Å²) in [6.07, 6.45) is 3.85. The van der Waals surface area contributed by atoms with Crippen molar-refractivity contribution in [2.24, 2.45) is 14.1 Å². The predicted molar refractivity (Wildman–Crippen MR) is 92.7 cm³/mol. The van der Waals surface area contributed by atoms with E-state index in [-0.39, 0.29) is 6.10 Å². The van der Waals surface area contributed by atoms with Gasteiger partial charge in [0.2, 0.25) is 0 Å². The number of ether oxygens (including phenoxy) is 2. The fraction of sp³-hybridized carbons (Fsp3) is 0.250. The molecule has 4 nitrogen and oxygen atoms in total. The zero-order chi connectivity index (χ0) is 16.9. The molecular weight excluding hydrogens is 300 g/mol. The fourth-order valence-corrected chi connectivity index (χ4v) is 2.91. The quantitative estimate of drug-likeness (QED) is 0.652. The molecule has 0 spiro atoms. The van der Waals surface area contributed by atoms with Crippen molar-refractivity contribution >= 4 is 0 Å². The molecule has 0 saturated heterocycles. The van der Waals surface area contributed by atoms with Gasteiger partial charge >= 0.3 is 0 Å². The normalized spacial score (nSPS) is 12.1. The summed E-state index contributed by atoms with van der Waals surface area (Å²) < 4.78 is 16.1. The minimum absolute atomic E-state index is 0.216. The van der Waals surface area contributed by atoms with E-state index in [2.05, 4.69) is 27.3 Å². The molecular formula is C20H23N2O2+. The van der Waals surface area contributed by atoms with Crippen LogP contribution < -0.4 is 9.30 Å². The third-order valence-electron chi connectivity index (χ3n) is 4.15. The van der Waals surface area contributed by atoms with Crippen molar-refractivity contribution in [3.8, 4) is 5.75 Å². The Balaban J connectivity index is 1.98. The van der Waals surface area contributed by atoms with Gasteiger partial charge < -0.3 is 9.47 Å². The largest absolute Gasteiger partial charge is 0.496 e. The molecule has 0 bridgehead atoms. The summed E-state index contributed by atoms with van der Waals surface area (Å²) in [5, 5.41) is 0. The predicted octanol–water partition coefficient (Wildman–Crippen LogP) is 3.16. The fourth-order valence-electron chi connectivity index (χ4n) is 2.91. The van der Waals surface area contributed by atoms with Gasteiger partial charge in [0.05, 0.1) is 27.8 Å². The Morgan fingerprint density at radius 1 is 1.04 bits per heavy atom. The molecule has 3 rings (SSSR count). The van der Waals surface area contributed by atoms with Crippen molar-refractivity contribution in [1.29, 1.82) is 0 Å². The van der Waals surface area contributed by atoms with Crippen molar-refractivity contribution in [2.75, 3.05) is 7.11 Å². The Kier molecular flexibility index (Phi) is 4.96. The Hall–Kier alpha value is -2.59. The topological polar surface area (TPSA) is 27.3 Å². The molecule has 0 fully saturated rings. The molecule has 4 heteroatoms. The van der Waals surface area contributed by atoms with Crippen LogP contribution in [0.5, 0.6) is 5.75 Å². The van der Waals surface area contributed by atoms with Crippen molar-refractivity contribution in [1.82, 2.24) is 4.57 Å². The minimum atomic E-state index is -0.216. The molecule has 2 aromatic carbocycles. The smallest absolute Gasteiger partial charge is 0.290 e. The first kappa shape index (κ1) is 16.3. The van der Waals surface area contributed by atoms with Gasteiger partial charge in [0, 0.05) is 5.56 Å². The van der Waals surface area contributed by atoms with Crippen LogP contribution >= 0.6 is 0 Å².